The van der Waals surface area contributed by atoms with Crippen LogP contribution in [0.5, 0.6) is 0 Å². The Hall–Kier alpha value is -1.78. The van der Waals surface area contributed by atoms with E-state index in [-0.39, 0.29) is 11.8 Å². The molecule has 1 aliphatic rings. The van der Waals surface area contributed by atoms with Crippen LogP contribution in [0.1, 0.15) is 19.8 Å². The summed E-state index contributed by atoms with van der Waals surface area (Å²) in [4.78, 5) is 15.8. The normalized spacial score (nSPS) is 14.1. The van der Waals surface area contributed by atoms with Crippen molar-refractivity contribution in [3.63, 3.8) is 0 Å². The van der Waals surface area contributed by atoms with Crippen LogP contribution in [0, 0.1) is 5.92 Å². The van der Waals surface area contributed by atoms with Crippen LogP contribution in [0.25, 0.3) is 0 Å². The molecule has 2 rings (SSSR count). The highest BCUT2D eigenvalue weighted by Gasteiger charge is 2.28. The number of nitrogens with zero attached hydrogens (tertiary/aromatic N) is 1. The quantitative estimate of drug-likeness (QED) is 0.639. The van der Waals surface area contributed by atoms with Gasteiger partial charge >= 0.3 is 0 Å². The molecule has 0 bridgehead atoms. The molecule has 5 heteroatoms. The molecule has 0 aliphatic heterocycles. The third-order valence-electron chi connectivity index (χ3n) is 2.79. The standard InChI is InChI=1S/C13H20N4O/c1-2-14-11-4-3-5-12(17-11)15-8-9-16-13(18)10-6-7-10/h3-5,10H,2,6-9H2,1H3,(H,16,18)(H2,14,15,17). The Morgan fingerprint density at radius 3 is 2.67 bits per heavy atom. The molecule has 1 aromatic rings. The van der Waals surface area contributed by atoms with E-state index in [0.717, 1.165) is 31.0 Å². The van der Waals surface area contributed by atoms with Crippen molar-refractivity contribution < 1.29 is 4.79 Å². The van der Waals surface area contributed by atoms with Crippen LogP contribution in [-0.4, -0.2) is 30.5 Å². The summed E-state index contributed by atoms with van der Waals surface area (Å²) >= 11 is 0. The van der Waals surface area contributed by atoms with Crippen LogP contribution in [0.3, 0.4) is 0 Å². The van der Waals surface area contributed by atoms with Gasteiger partial charge in [-0.2, -0.15) is 0 Å². The molecule has 0 radical (unpaired) electrons. The van der Waals surface area contributed by atoms with Crippen LogP contribution >= 0.6 is 0 Å². The fourth-order valence-electron chi connectivity index (χ4n) is 1.68. The van der Waals surface area contributed by atoms with Gasteiger partial charge in [0.1, 0.15) is 11.6 Å². The maximum Gasteiger partial charge on any atom is 0.223 e. The van der Waals surface area contributed by atoms with Gasteiger partial charge in [-0.1, -0.05) is 6.07 Å². The summed E-state index contributed by atoms with van der Waals surface area (Å²) in [6, 6.07) is 5.81. The van der Waals surface area contributed by atoms with Gasteiger partial charge in [0.25, 0.3) is 0 Å². The highest BCUT2D eigenvalue weighted by molar-refractivity contribution is 5.80. The van der Waals surface area contributed by atoms with Gasteiger partial charge in [-0.15, -0.1) is 0 Å². The lowest BCUT2D eigenvalue weighted by Crippen LogP contribution is -2.29. The molecule has 0 atom stereocenters. The molecule has 1 amide bonds. The molecule has 3 N–H and O–H groups in total. The van der Waals surface area contributed by atoms with Crippen molar-refractivity contribution in [3.05, 3.63) is 18.2 Å². The van der Waals surface area contributed by atoms with E-state index in [0.29, 0.717) is 13.1 Å². The zero-order valence-electron chi connectivity index (χ0n) is 10.7. The van der Waals surface area contributed by atoms with Crippen molar-refractivity contribution in [2.24, 2.45) is 5.92 Å². The van der Waals surface area contributed by atoms with Crippen LogP contribution in [0.4, 0.5) is 11.6 Å². The van der Waals surface area contributed by atoms with Gasteiger partial charge < -0.3 is 16.0 Å². The summed E-state index contributed by atoms with van der Waals surface area (Å²) in [7, 11) is 0. The first-order valence-electron chi connectivity index (χ1n) is 6.52. The number of carbonyl (C=O) groups is 1. The number of amides is 1. The van der Waals surface area contributed by atoms with E-state index in [2.05, 4.69) is 20.9 Å². The lowest BCUT2D eigenvalue weighted by Gasteiger charge is -2.08. The monoisotopic (exact) mass is 248 g/mol. The maximum absolute atomic E-state index is 11.4. The minimum atomic E-state index is 0.186. The van der Waals surface area contributed by atoms with Gasteiger partial charge in [-0.3, -0.25) is 4.79 Å². The summed E-state index contributed by atoms with van der Waals surface area (Å²) in [5, 5.41) is 9.26. The van der Waals surface area contributed by atoms with E-state index >= 15 is 0 Å². The first-order valence-corrected chi connectivity index (χ1v) is 6.52. The minimum Gasteiger partial charge on any atom is -0.370 e. The summed E-state index contributed by atoms with van der Waals surface area (Å²) in [6.45, 7) is 4.23. The van der Waals surface area contributed by atoms with Crippen LogP contribution in [0.15, 0.2) is 18.2 Å². The van der Waals surface area contributed by atoms with E-state index in [1.165, 1.54) is 0 Å². The summed E-state index contributed by atoms with van der Waals surface area (Å²) in [5.41, 5.74) is 0. The Morgan fingerprint density at radius 1 is 1.28 bits per heavy atom. The van der Waals surface area contributed by atoms with Crippen molar-refractivity contribution in [1.29, 1.82) is 0 Å². The Morgan fingerprint density at radius 2 is 2.00 bits per heavy atom. The molecule has 5 nitrogen and oxygen atoms in total. The SMILES string of the molecule is CCNc1cccc(NCCNC(=O)C2CC2)n1. The molecular weight excluding hydrogens is 228 g/mol. The van der Waals surface area contributed by atoms with Crippen LogP contribution in [0.2, 0.25) is 0 Å². The molecule has 18 heavy (non-hydrogen) atoms. The van der Waals surface area contributed by atoms with Crippen LogP contribution < -0.4 is 16.0 Å². The molecule has 1 aliphatic carbocycles. The maximum atomic E-state index is 11.4. The van der Waals surface area contributed by atoms with Gasteiger partial charge in [-0.25, -0.2) is 4.98 Å². The molecule has 0 unspecified atom stereocenters. The van der Waals surface area contributed by atoms with Gasteiger partial charge in [0.15, 0.2) is 0 Å². The zero-order chi connectivity index (χ0) is 12.8. The predicted octanol–water partition coefficient (Wildman–Crippen LogP) is 1.45. The van der Waals surface area contributed by atoms with Crippen LogP contribution in [-0.2, 0) is 4.79 Å². The van der Waals surface area contributed by atoms with Crippen molar-refractivity contribution in [3.8, 4) is 0 Å². The second-order valence-electron chi connectivity index (χ2n) is 4.43. The molecule has 98 valence electrons. The molecular formula is C13H20N4O. The third-order valence-corrected chi connectivity index (χ3v) is 2.79. The number of aromatic nitrogens is 1. The number of anilines is 2. The third kappa shape index (κ3) is 3.91. The molecule has 1 saturated carbocycles. The number of carbonyl (C=O) groups excluding carboxylic acids is 1. The minimum absolute atomic E-state index is 0.186. The van der Waals surface area contributed by atoms with E-state index in [1.807, 2.05) is 25.1 Å². The van der Waals surface area contributed by atoms with Crippen molar-refractivity contribution in [2.75, 3.05) is 30.3 Å². The predicted molar refractivity (Wildman–Crippen MR) is 72.6 cm³/mol. The Bertz CT molecular complexity index is 404. The topological polar surface area (TPSA) is 66.0 Å². The van der Waals surface area contributed by atoms with Gasteiger partial charge in [0, 0.05) is 25.6 Å². The number of nitrogens with one attached hydrogen (secondary N) is 3. The Labute approximate surface area is 107 Å². The van der Waals surface area contributed by atoms with E-state index < -0.39 is 0 Å². The zero-order valence-corrected chi connectivity index (χ0v) is 10.7. The Kier molecular flexibility index (Phi) is 4.39. The smallest absolute Gasteiger partial charge is 0.223 e. The molecule has 0 spiro atoms. The summed E-state index contributed by atoms with van der Waals surface area (Å²) in [5.74, 6) is 2.16. The molecule has 1 aromatic heterocycles. The van der Waals surface area contributed by atoms with Crippen molar-refractivity contribution >= 4 is 17.5 Å². The fraction of sp³-hybridized carbons (Fsp3) is 0.538. The number of hydrogen-bond acceptors (Lipinski definition) is 4. The van der Waals surface area contributed by atoms with Gasteiger partial charge in [0.05, 0.1) is 0 Å². The van der Waals surface area contributed by atoms with Gasteiger partial charge in [0.2, 0.25) is 5.91 Å². The first kappa shape index (κ1) is 12.7. The fourth-order valence-corrected chi connectivity index (χ4v) is 1.68. The largest absolute Gasteiger partial charge is 0.370 e. The Balaban J connectivity index is 1.68. The summed E-state index contributed by atoms with van der Waals surface area (Å²) < 4.78 is 0. The highest BCUT2D eigenvalue weighted by Crippen LogP contribution is 2.28. The first-order chi connectivity index (χ1) is 8.79. The van der Waals surface area contributed by atoms with E-state index in [1.54, 1.807) is 0 Å². The van der Waals surface area contributed by atoms with E-state index in [4.69, 9.17) is 0 Å². The number of hydrogen-bond donors (Lipinski definition) is 3. The second-order valence-corrected chi connectivity index (χ2v) is 4.43. The summed E-state index contributed by atoms with van der Waals surface area (Å²) in [6.07, 6.45) is 2.09. The number of rotatable bonds is 7. The molecule has 0 saturated heterocycles. The van der Waals surface area contributed by atoms with Crippen molar-refractivity contribution in [1.82, 2.24) is 10.3 Å². The van der Waals surface area contributed by atoms with E-state index in [9.17, 15) is 4.79 Å². The lowest BCUT2D eigenvalue weighted by atomic mass is 10.4. The lowest BCUT2D eigenvalue weighted by molar-refractivity contribution is -0.122. The van der Waals surface area contributed by atoms with Gasteiger partial charge in [-0.05, 0) is 31.9 Å². The number of pyridine rings is 1. The molecule has 1 fully saturated rings. The highest BCUT2D eigenvalue weighted by atomic mass is 16.2. The molecule has 0 aromatic carbocycles. The van der Waals surface area contributed by atoms with Crippen molar-refractivity contribution in [2.45, 2.75) is 19.8 Å². The second kappa shape index (κ2) is 6.23. The average Bonchev–Trinajstić information content (AvgIpc) is 3.19. The average molecular weight is 248 g/mol. The molecule has 1 heterocycles.